The van der Waals surface area contributed by atoms with Crippen molar-refractivity contribution in [3.05, 3.63) is 53.6 Å². The average molecular weight is 365 g/mol. The number of ether oxygens (including phenoxy) is 1. The Kier molecular flexibility index (Phi) is 6.57. The van der Waals surface area contributed by atoms with Crippen LogP contribution in [0, 0.1) is 0 Å². The van der Waals surface area contributed by atoms with Crippen LogP contribution in [0.3, 0.4) is 0 Å². The van der Waals surface area contributed by atoms with Gasteiger partial charge in [-0.1, -0.05) is 32.0 Å². The number of unbranched alkanes of at least 4 members (excludes halogenated alkanes) is 1. The number of benzene rings is 2. The molecule has 0 aliphatic heterocycles. The summed E-state index contributed by atoms with van der Waals surface area (Å²) >= 11 is 0. The maximum absolute atomic E-state index is 5.74. The van der Waals surface area contributed by atoms with Gasteiger partial charge in [0.2, 0.25) is 0 Å². The SMILES string of the molecule is CCOc1ccc(-c2[nH]c3c(C(C)CC)cccc3c2CCCCN)cc1. The standard InChI is InChI=1S/C24H32N2O/c1-4-17(3)20-10-8-11-22-21(9-6-7-16-25)23(26-24(20)22)18-12-14-19(15-13-18)27-5-2/h8,10-15,17,26H,4-7,9,16,25H2,1-3H3. The molecule has 0 radical (unpaired) electrons. The van der Waals surface area contributed by atoms with Crippen molar-refractivity contribution in [1.29, 1.82) is 0 Å². The predicted octanol–water partition coefficient (Wildman–Crippen LogP) is 6.03. The van der Waals surface area contributed by atoms with E-state index in [-0.39, 0.29) is 0 Å². The summed E-state index contributed by atoms with van der Waals surface area (Å²) in [5, 5.41) is 1.36. The van der Waals surface area contributed by atoms with Crippen LogP contribution in [0.4, 0.5) is 0 Å². The first-order valence-corrected chi connectivity index (χ1v) is 10.3. The second-order valence-electron chi connectivity index (χ2n) is 7.26. The zero-order chi connectivity index (χ0) is 19.2. The van der Waals surface area contributed by atoms with Gasteiger partial charge in [-0.25, -0.2) is 0 Å². The highest BCUT2D eigenvalue weighted by Gasteiger charge is 2.17. The fourth-order valence-corrected chi connectivity index (χ4v) is 3.76. The molecular formula is C24H32N2O. The van der Waals surface area contributed by atoms with Crippen LogP contribution in [0.2, 0.25) is 0 Å². The molecule has 0 aliphatic rings. The number of hydrogen-bond donors (Lipinski definition) is 2. The highest BCUT2D eigenvalue weighted by atomic mass is 16.5. The van der Waals surface area contributed by atoms with Crippen molar-refractivity contribution in [2.75, 3.05) is 13.2 Å². The van der Waals surface area contributed by atoms with Crippen molar-refractivity contribution in [3.8, 4) is 17.0 Å². The van der Waals surface area contributed by atoms with E-state index in [0.29, 0.717) is 12.5 Å². The Morgan fingerprint density at radius 1 is 1.04 bits per heavy atom. The van der Waals surface area contributed by atoms with Crippen LogP contribution in [0.1, 0.15) is 57.1 Å². The van der Waals surface area contributed by atoms with Crippen LogP contribution in [-0.4, -0.2) is 18.1 Å². The molecule has 0 amide bonds. The largest absolute Gasteiger partial charge is 0.494 e. The van der Waals surface area contributed by atoms with Crippen molar-refractivity contribution in [2.45, 2.75) is 52.4 Å². The first-order chi connectivity index (χ1) is 13.2. The predicted molar refractivity (Wildman–Crippen MR) is 116 cm³/mol. The van der Waals surface area contributed by atoms with Crippen LogP contribution in [0.5, 0.6) is 5.75 Å². The van der Waals surface area contributed by atoms with Gasteiger partial charge in [-0.15, -0.1) is 0 Å². The first-order valence-electron chi connectivity index (χ1n) is 10.3. The number of aryl methyl sites for hydroxylation is 1. The molecule has 0 spiro atoms. The van der Waals surface area contributed by atoms with E-state index in [2.05, 4.69) is 61.3 Å². The summed E-state index contributed by atoms with van der Waals surface area (Å²) in [5.41, 5.74) is 12.3. The van der Waals surface area contributed by atoms with Crippen molar-refractivity contribution in [2.24, 2.45) is 5.73 Å². The van der Waals surface area contributed by atoms with Crippen LogP contribution in [-0.2, 0) is 6.42 Å². The number of hydrogen-bond acceptors (Lipinski definition) is 2. The van der Waals surface area contributed by atoms with E-state index in [1.54, 1.807) is 0 Å². The summed E-state index contributed by atoms with van der Waals surface area (Å²) in [4.78, 5) is 3.77. The highest BCUT2D eigenvalue weighted by Crippen LogP contribution is 2.36. The Hall–Kier alpha value is -2.26. The molecule has 3 heteroatoms. The minimum absolute atomic E-state index is 0.539. The van der Waals surface area contributed by atoms with Gasteiger partial charge in [0, 0.05) is 16.6 Å². The molecule has 0 fully saturated rings. The van der Waals surface area contributed by atoms with Crippen LogP contribution < -0.4 is 10.5 Å². The van der Waals surface area contributed by atoms with Crippen LogP contribution in [0.15, 0.2) is 42.5 Å². The van der Waals surface area contributed by atoms with Gasteiger partial charge < -0.3 is 15.5 Å². The monoisotopic (exact) mass is 364 g/mol. The molecule has 0 bridgehead atoms. The molecule has 1 heterocycles. The number of aromatic nitrogens is 1. The van der Waals surface area contributed by atoms with E-state index in [4.69, 9.17) is 10.5 Å². The maximum Gasteiger partial charge on any atom is 0.119 e. The Labute approximate surface area is 162 Å². The van der Waals surface area contributed by atoms with E-state index < -0.39 is 0 Å². The summed E-state index contributed by atoms with van der Waals surface area (Å²) in [7, 11) is 0. The van der Waals surface area contributed by atoms with Gasteiger partial charge in [0.05, 0.1) is 6.61 Å². The molecule has 1 aromatic heterocycles. The Morgan fingerprint density at radius 2 is 1.81 bits per heavy atom. The quantitative estimate of drug-likeness (QED) is 0.456. The minimum Gasteiger partial charge on any atom is -0.494 e. The van der Waals surface area contributed by atoms with Crippen LogP contribution >= 0.6 is 0 Å². The molecule has 0 saturated heterocycles. The van der Waals surface area contributed by atoms with Crippen LogP contribution in [0.25, 0.3) is 22.2 Å². The second kappa shape index (κ2) is 9.09. The lowest BCUT2D eigenvalue weighted by Gasteiger charge is -2.10. The van der Waals surface area contributed by atoms with Gasteiger partial charge in [-0.2, -0.15) is 0 Å². The molecule has 3 N–H and O–H groups in total. The number of H-pyrrole nitrogens is 1. The third kappa shape index (κ3) is 4.19. The normalized spacial score (nSPS) is 12.4. The number of rotatable bonds is 9. The lowest BCUT2D eigenvalue weighted by molar-refractivity contribution is 0.340. The van der Waals surface area contributed by atoms with Gasteiger partial charge in [0.25, 0.3) is 0 Å². The Bertz CT molecular complexity index is 864. The summed E-state index contributed by atoms with van der Waals surface area (Å²) in [5.74, 6) is 1.46. The van der Waals surface area contributed by atoms with Crippen molar-refractivity contribution < 1.29 is 4.74 Å². The number of para-hydroxylation sites is 1. The average Bonchev–Trinajstić information content (AvgIpc) is 3.07. The molecule has 3 nitrogen and oxygen atoms in total. The van der Waals surface area contributed by atoms with Crippen molar-refractivity contribution >= 4 is 10.9 Å². The van der Waals surface area contributed by atoms with Crippen molar-refractivity contribution in [3.63, 3.8) is 0 Å². The minimum atomic E-state index is 0.539. The number of nitrogens with two attached hydrogens (primary N) is 1. The molecule has 27 heavy (non-hydrogen) atoms. The Morgan fingerprint density at radius 3 is 2.48 bits per heavy atom. The molecule has 3 aromatic rings. The smallest absolute Gasteiger partial charge is 0.119 e. The highest BCUT2D eigenvalue weighted by molar-refractivity contribution is 5.93. The summed E-state index contributed by atoms with van der Waals surface area (Å²) in [6.07, 6.45) is 4.35. The Balaban J connectivity index is 2.10. The summed E-state index contributed by atoms with van der Waals surface area (Å²) in [6, 6.07) is 15.2. The third-order valence-electron chi connectivity index (χ3n) is 5.45. The fourth-order valence-electron chi connectivity index (χ4n) is 3.76. The van der Waals surface area contributed by atoms with Crippen molar-refractivity contribution in [1.82, 2.24) is 4.98 Å². The molecule has 1 atom stereocenters. The molecule has 3 rings (SSSR count). The number of aromatic amines is 1. The van der Waals surface area contributed by atoms with E-state index >= 15 is 0 Å². The van der Waals surface area contributed by atoms with Gasteiger partial charge in [0.1, 0.15) is 5.75 Å². The second-order valence-corrected chi connectivity index (χ2v) is 7.26. The van der Waals surface area contributed by atoms with E-state index in [1.165, 1.54) is 33.3 Å². The topological polar surface area (TPSA) is 51.0 Å². The molecule has 2 aromatic carbocycles. The lowest BCUT2D eigenvalue weighted by atomic mass is 9.94. The van der Waals surface area contributed by atoms with Gasteiger partial charge in [0.15, 0.2) is 0 Å². The fraction of sp³-hybridized carbons (Fsp3) is 0.417. The van der Waals surface area contributed by atoms with Gasteiger partial charge in [-0.3, -0.25) is 0 Å². The van der Waals surface area contributed by atoms with E-state index in [9.17, 15) is 0 Å². The lowest BCUT2D eigenvalue weighted by Crippen LogP contribution is -1.99. The number of fused-ring (bicyclic) bond motifs is 1. The van der Waals surface area contributed by atoms with E-state index in [1.807, 2.05) is 6.92 Å². The molecule has 1 unspecified atom stereocenters. The summed E-state index contributed by atoms with van der Waals surface area (Å²) < 4.78 is 5.61. The van der Waals surface area contributed by atoms with E-state index in [0.717, 1.165) is 38.0 Å². The van der Waals surface area contributed by atoms with Gasteiger partial charge in [-0.05, 0) is 86.0 Å². The number of nitrogens with one attached hydrogen (secondary N) is 1. The third-order valence-corrected chi connectivity index (χ3v) is 5.45. The molecular weight excluding hydrogens is 332 g/mol. The molecule has 0 aliphatic carbocycles. The zero-order valence-corrected chi connectivity index (χ0v) is 16.8. The summed E-state index contributed by atoms with van der Waals surface area (Å²) in [6.45, 7) is 8.01. The maximum atomic E-state index is 5.74. The molecule has 144 valence electrons. The van der Waals surface area contributed by atoms with Gasteiger partial charge >= 0.3 is 0 Å². The zero-order valence-electron chi connectivity index (χ0n) is 16.8. The first kappa shape index (κ1) is 19.5. The molecule has 0 saturated carbocycles.